The third-order valence-electron chi connectivity index (χ3n) is 2.43. The molecule has 5 nitrogen and oxygen atoms in total. The molecule has 1 aromatic heterocycles. The molecule has 0 aliphatic carbocycles. The molecule has 1 N–H and O–H groups in total. The van der Waals surface area contributed by atoms with Crippen LogP contribution < -0.4 is 10.1 Å². The summed E-state index contributed by atoms with van der Waals surface area (Å²) < 4.78 is 23.5. The maximum Gasteiger partial charge on any atom is 0.223 e. The fourth-order valence-electron chi connectivity index (χ4n) is 1.57. The predicted molar refractivity (Wildman–Crippen MR) is 62.5 cm³/mol. The average molecular weight is 251 g/mol. The van der Waals surface area contributed by atoms with Gasteiger partial charge in [0.25, 0.3) is 0 Å². The van der Waals surface area contributed by atoms with Gasteiger partial charge in [-0.05, 0) is 6.07 Å². The minimum atomic E-state index is -0.350. The highest BCUT2D eigenvalue weighted by Crippen LogP contribution is 2.19. The van der Waals surface area contributed by atoms with Gasteiger partial charge in [0.05, 0.1) is 13.7 Å². The van der Waals surface area contributed by atoms with E-state index in [0.29, 0.717) is 30.4 Å². The van der Waals surface area contributed by atoms with E-state index in [1.54, 1.807) is 25.1 Å². The third kappa shape index (κ3) is 2.84. The first kappa shape index (κ1) is 12.5. The average Bonchev–Trinajstić information content (AvgIpc) is 2.77. The van der Waals surface area contributed by atoms with Crippen molar-refractivity contribution >= 4 is 0 Å². The Labute approximate surface area is 104 Å². The Balaban J connectivity index is 1.94. The van der Waals surface area contributed by atoms with Crippen LogP contribution in [-0.4, -0.2) is 17.3 Å². The highest BCUT2D eigenvalue weighted by molar-refractivity contribution is 5.30. The molecule has 1 heterocycles. The number of ether oxygens (including phenoxy) is 1. The minimum Gasteiger partial charge on any atom is -0.494 e. The van der Waals surface area contributed by atoms with E-state index in [1.165, 1.54) is 7.11 Å². The fraction of sp³-hybridized carbons (Fsp3) is 0.333. The molecule has 2 aromatic rings. The van der Waals surface area contributed by atoms with E-state index in [2.05, 4.69) is 15.5 Å². The van der Waals surface area contributed by atoms with Crippen LogP contribution >= 0.6 is 0 Å². The second-order valence-corrected chi connectivity index (χ2v) is 3.77. The number of aryl methyl sites for hydroxylation is 1. The lowest BCUT2D eigenvalue weighted by atomic mass is 10.2. The summed E-state index contributed by atoms with van der Waals surface area (Å²) in [6, 6.07) is 5.03. The molecule has 0 bridgehead atoms. The van der Waals surface area contributed by atoms with Crippen LogP contribution in [0.2, 0.25) is 0 Å². The van der Waals surface area contributed by atoms with Crippen molar-refractivity contribution in [1.29, 1.82) is 0 Å². The van der Waals surface area contributed by atoms with Gasteiger partial charge in [0, 0.05) is 19.0 Å². The van der Waals surface area contributed by atoms with E-state index in [0.717, 1.165) is 0 Å². The highest BCUT2D eigenvalue weighted by Gasteiger charge is 2.08. The van der Waals surface area contributed by atoms with Gasteiger partial charge < -0.3 is 14.6 Å². The molecule has 0 saturated carbocycles. The monoisotopic (exact) mass is 251 g/mol. The Morgan fingerprint density at radius 1 is 1.39 bits per heavy atom. The topological polar surface area (TPSA) is 60.2 Å². The summed E-state index contributed by atoms with van der Waals surface area (Å²) in [5.74, 6) is 0.955. The number of hydrogen-bond donors (Lipinski definition) is 1. The molecule has 0 saturated heterocycles. The minimum absolute atomic E-state index is 0.240. The van der Waals surface area contributed by atoms with Crippen LogP contribution in [0, 0.1) is 12.7 Å². The first-order valence-electron chi connectivity index (χ1n) is 5.52. The van der Waals surface area contributed by atoms with Crippen LogP contribution in [0.1, 0.15) is 17.3 Å². The fourth-order valence-corrected chi connectivity index (χ4v) is 1.57. The first-order chi connectivity index (χ1) is 8.70. The smallest absolute Gasteiger partial charge is 0.223 e. The number of hydrogen-bond acceptors (Lipinski definition) is 5. The van der Waals surface area contributed by atoms with E-state index in [4.69, 9.17) is 9.26 Å². The molecular formula is C12H14FN3O2. The van der Waals surface area contributed by atoms with Gasteiger partial charge in [-0.1, -0.05) is 17.3 Å². The summed E-state index contributed by atoms with van der Waals surface area (Å²) in [5.41, 5.74) is 0.537. The third-order valence-corrected chi connectivity index (χ3v) is 2.43. The Bertz CT molecular complexity index is 528. The van der Waals surface area contributed by atoms with E-state index < -0.39 is 0 Å². The zero-order chi connectivity index (χ0) is 13.0. The summed E-state index contributed by atoms with van der Waals surface area (Å²) in [5, 5.41) is 6.78. The van der Waals surface area contributed by atoms with Gasteiger partial charge in [-0.25, -0.2) is 4.39 Å². The Hall–Kier alpha value is -1.95. The van der Waals surface area contributed by atoms with Crippen LogP contribution in [-0.2, 0) is 13.1 Å². The van der Waals surface area contributed by atoms with Crippen molar-refractivity contribution in [3.05, 3.63) is 41.3 Å². The molecule has 0 atom stereocenters. The molecule has 0 aliphatic heterocycles. The molecule has 0 unspecified atom stereocenters. The molecule has 2 rings (SSSR count). The van der Waals surface area contributed by atoms with Gasteiger partial charge in [-0.15, -0.1) is 0 Å². The number of nitrogens with one attached hydrogen (secondary N) is 1. The van der Waals surface area contributed by atoms with Crippen LogP contribution in [0.15, 0.2) is 22.7 Å². The van der Waals surface area contributed by atoms with Crippen LogP contribution in [0.25, 0.3) is 0 Å². The molecule has 0 amide bonds. The van der Waals surface area contributed by atoms with E-state index in [9.17, 15) is 4.39 Å². The van der Waals surface area contributed by atoms with Crippen molar-refractivity contribution in [2.45, 2.75) is 20.0 Å². The first-order valence-corrected chi connectivity index (χ1v) is 5.52. The van der Waals surface area contributed by atoms with E-state index in [-0.39, 0.29) is 11.6 Å². The second kappa shape index (κ2) is 5.59. The summed E-state index contributed by atoms with van der Waals surface area (Å²) in [6.45, 7) is 2.52. The lowest BCUT2D eigenvalue weighted by Crippen LogP contribution is -2.15. The van der Waals surface area contributed by atoms with Crippen molar-refractivity contribution < 1.29 is 13.7 Å². The number of nitrogens with zero attached hydrogens (tertiary/aromatic N) is 2. The molecule has 96 valence electrons. The predicted octanol–water partition coefficient (Wildman–Crippen LogP) is 1.82. The number of aromatic nitrogens is 2. The Morgan fingerprint density at radius 3 is 2.89 bits per heavy atom. The normalized spacial score (nSPS) is 10.6. The van der Waals surface area contributed by atoms with Crippen molar-refractivity contribution in [3.8, 4) is 5.75 Å². The zero-order valence-electron chi connectivity index (χ0n) is 10.2. The Morgan fingerprint density at radius 2 is 2.22 bits per heavy atom. The summed E-state index contributed by atoms with van der Waals surface area (Å²) in [7, 11) is 1.44. The summed E-state index contributed by atoms with van der Waals surface area (Å²) in [6.07, 6.45) is 0. The summed E-state index contributed by atoms with van der Waals surface area (Å²) in [4.78, 5) is 4.04. The maximum absolute atomic E-state index is 13.8. The summed E-state index contributed by atoms with van der Waals surface area (Å²) >= 11 is 0. The van der Waals surface area contributed by atoms with Gasteiger partial charge in [0.2, 0.25) is 5.89 Å². The van der Waals surface area contributed by atoms with Gasteiger partial charge in [-0.3, -0.25) is 0 Å². The maximum atomic E-state index is 13.8. The molecule has 18 heavy (non-hydrogen) atoms. The molecule has 1 aromatic carbocycles. The van der Waals surface area contributed by atoms with E-state index >= 15 is 0 Å². The number of rotatable bonds is 5. The van der Waals surface area contributed by atoms with Crippen molar-refractivity contribution in [2.75, 3.05) is 7.11 Å². The number of halogens is 1. The molecule has 0 spiro atoms. The van der Waals surface area contributed by atoms with Gasteiger partial charge in [0.15, 0.2) is 17.4 Å². The standard InChI is InChI=1S/C12H14FN3O2/c1-8-15-11(16-18-8)7-14-6-9-4-3-5-10(17-2)12(9)13/h3-5,14H,6-7H2,1-2H3. The quantitative estimate of drug-likeness (QED) is 0.878. The second-order valence-electron chi connectivity index (χ2n) is 3.77. The zero-order valence-corrected chi connectivity index (χ0v) is 10.2. The molecule has 0 fully saturated rings. The lowest BCUT2D eigenvalue weighted by molar-refractivity contribution is 0.381. The van der Waals surface area contributed by atoms with Crippen LogP contribution in [0.3, 0.4) is 0 Å². The van der Waals surface area contributed by atoms with Crippen LogP contribution in [0.5, 0.6) is 5.75 Å². The van der Waals surface area contributed by atoms with Gasteiger partial charge in [0.1, 0.15) is 0 Å². The highest BCUT2D eigenvalue weighted by atomic mass is 19.1. The number of benzene rings is 1. The molecular weight excluding hydrogens is 237 g/mol. The Kier molecular flexibility index (Phi) is 3.88. The SMILES string of the molecule is COc1cccc(CNCc2noc(C)n2)c1F. The van der Waals surface area contributed by atoms with Crippen molar-refractivity contribution in [3.63, 3.8) is 0 Å². The largest absolute Gasteiger partial charge is 0.494 e. The lowest BCUT2D eigenvalue weighted by Gasteiger charge is -2.07. The number of methoxy groups -OCH3 is 1. The van der Waals surface area contributed by atoms with Gasteiger partial charge >= 0.3 is 0 Å². The molecule has 0 aliphatic rings. The van der Waals surface area contributed by atoms with Crippen LogP contribution in [0.4, 0.5) is 4.39 Å². The van der Waals surface area contributed by atoms with Crippen molar-refractivity contribution in [1.82, 2.24) is 15.5 Å². The van der Waals surface area contributed by atoms with Crippen molar-refractivity contribution in [2.24, 2.45) is 0 Å². The van der Waals surface area contributed by atoms with Gasteiger partial charge in [-0.2, -0.15) is 4.98 Å². The molecule has 0 radical (unpaired) electrons. The van der Waals surface area contributed by atoms with E-state index in [1.807, 2.05) is 0 Å². The molecule has 6 heteroatoms.